The Kier molecular flexibility index (Phi) is 4.45. The Labute approximate surface area is 119 Å². The van der Waals surface area contributed by atoms with Gasteiger partial charge < -0.3 is 0 Å². The van der Waals surface area contributed by atoms with Crippen molar-refractivity contribution in [2.24, 2.45) is 0 Å². The van der Waals surface area contributed by atoms with E-state index in [9.17, 15) is 4.79 Å². The van der Waals surface area contributed by atoms with E-state index < -0.39 is 16.1 Å². The van der Waals surface area contributed by atoms with Crippen LogP contribution in [-0.2, 0) is 4.79 Å². The van der Waals surface area contributed by atoms with Crippen molar-refractivity contribution in [3.05, 3.63) is 35.2 Å². The number of benzene rings is 1. The molecule has 0 aromatic heterocycles. The van der Waals surface area contributed by atoms with Crippen molar-refractivity contribution in [1.29, 1.82) is 0 Å². The molecule has 0 heterocycles. The molecule has 0 spiro atoms. The van der Waals surface area contributed by atoms with Gasteiger partial charge in [0.25, 0.3) is 0 Å². The smallest absolute Gasteiger partial charge is 0.116 e. The van der Waals surface area contributed by atoms with Crippen molar-refractivity contribution >= 4 is 27.3 Å². The van der Waals surface area contributed by atoms with Gasteiger partial charge in [-0.3, -0.25) is 0 Å². The summed E-state index contributed by atoms with van der Waals surface area (Å²) in [7, 11) is -3.70. The lowest BCUT2D eigenvalue weighted by Gasteiger charge is -2.42. The van der Waals surface area contributed by atoms with Gasteiger partial charge in [-0.2, -0.15) is 0 Å². The number of hydrogen-bond donors (Lipinski definition) is 0. The summed E-state index contributed by atoms with van der Waals surface area (Å²) in [5.74, 6) is 2.38. The lowest BCUT2D eigenvalue weighted by atomic mass is 10.2. The van der Waals surface area contributed by atoms with Crippen molar-refractivity contribution in [1.82, 2.24) is 0 Å². The highest BCUT2D eigenvalue weighted by Gasteiger charge is 2.46. The zero-order chi connectivity index (χ0) is 14.9. The zero-order valence-electron chi connectivity index (χ0n) is 13.3. The first kappa shape index (κ1) is 16.2. The lowest BCUT2D eigenvalue weighted by molar-refractivity contribution is 0.568. The monoisotopic (exact) mass is 290 g/mol. The Morgan fingerprint density at radius 1 is 1.00 bits per heavy atom. The van der Waals surface area contributed by atoms with Crippen LogP contribution in [0.15, 0.2) is 35.2 Å². The van der Waals surface area contributed by atoms with Gasteiger partial charge in [0, 0.05) is 0 Å². The van der Waals surface area contributed by atoms with E-state index in [1.54, 1.807) is 0 Å². The average Bonchev–Trinajstić information content (AvgIpc) is 2.28. The predicted octanol–water partition coefficient (Wildman–Crippen LogP) is 3.95. The van der Waals surface area contributed by atoms with Gasteiger partial charge in [-0.1, -0.05) is 82.5 Å². The van der Waals surface area contributed by atoms with E-state index in [0.717, 1.165) is 4.82 Å². The molecule has 0 saturated carbocycles. The van der Waals surface area contributed by atoms with Crippen molar-refractivity contribution < 1.29 is 4.79 Å². The van der Waals surface area contributed by atoms with Crippen LogP contribution in [-0.4, -0.2) is 22.1 Å². The van der Waals surface area contributed by atoms with Gasteiger partial charge in [0.2, 0.25) is 0 Å². The molecule has 1 rings (SSSR count). The largest absolute Gasteiger partial charge is 0.234 e. The van der Waals surface area contributed by atoms with Gasteiger partial charge >= 0.3 is 0 Å². The first-order chi connectivity index (χ1) is 8.55. The van der Waals surface area contributed by atoms with Gasteiger partial charge in [-0.15, -0.1) is 0 Å². The summed E-state index contributed by atoms with van der Waals surface area (Å²) in [6.07, 6.45) is 0. The van der Waals surface area contributed by atoms with Crippen LogP contribution in [0.5, 0.6) is 0 Å². The Morgan fingerprint density at radius 2 is 1.47 bits per heavy atom. The Bertz CT molecular complexity index is 489. The number of rotatable bonds is 3. The van der Waals surface area contributed by atoms with Crippen molar-refractivity contribution in [2.45, 2.75) is 52.0 Å². The van der Waals surface area contributed by atoms with E-state index >= 15 is 0 Å². The molecule has 0 radical (unpaired) electrons. The quantitative estimate of drug-likeness (QED) is 0.608. The molecule has 0 bridgehead atoms. The lowest BCUT2D eigenvalue weighted by Crippen LogP contribution is -2.56. The summed E-state index contributed by atoms with van der Waals surface area (Å²) >= 11 is 0. The van der Waals surface area contributed by atoms with Crippen molar-refractivity contribution in [3.63, 3.8) is 0 Å². The van der Waals surface area contributed by atoms with Gasteiger partial charge in [-0.05, 0) is 9.86 Å². The topological polar surface area (TPSA) is 17.1 Å². The summed E-state index contributed by atoms with van der Waals surface area (Å²) in [6.45, 7) is 16.0. The van der Waals surface area contributed by atoms with Crippen LogP contribution in [0.4, 0.5) is 0 Å². The normalized spacial score (nSPS) is 13.0. The molecule has 0 atom stereocenters. The minimum atomic E-state index is -1.90. The molecule has 1 aromatic rings. The molecule has 0 unspecified atom stereocenters. The maximum atomic E-state index is 11.7. The molecule has 0 aliphatic heterocycles. The SMILES string of the molecule is CC(C)(C)[Si](C)(C)C(=C=O)[Si](C)(C)c1ccccc1. The van der Waals surface area contributed by atoms with Crippen LogP contribution in [0.3, 0.4) is 0 Å². The van der Waals surface area contributed by atoms with E-state index in [1.165, 1.54) is 5.19 Å². The summed E-state index contributed by atoms with van der Waals surface area (Å²) in [4.78, 5) is 12.8. The average molecular weight is 291 g/mol. The first-order valence-corrected chi connectivity index (χ1v) is 12.9. The molecular weight excluding hydrogens is 264 g/mol. The Balaban J connectivity index is 3.38. The molecule has 0 amide bonds. The fraction of sp³-hybridized carbons (Fsp3) is 0.500. The first-order valence-electron chi connectivity index (χ1n) is 6.86. The molecule has 0 saturated heterocycles. The van der Waals surface area contributed by atoms with Crippen LogP contribution < -0.4 is 5.19 Å². The molecule has 0 fully saturated rings. The number of hydrogen-bond acceptors (Lipinski definition) is 1. The molecule has 1 aromatic carbocycles. The van der Waals surface area contributed by atoms with E-state index in [1.807, 2.05) is 6.07 Å². The second kappa shape index (κ2) is 5.24. The van der Waals surface area contributed by atoms with Gasteiger partial charge in [0.05, 0.1) is 8.07 Å². The van der Waals surface area contributed by atoms with Crippen LogP contribution >= 0.6 is 0 Å². The summed E-state index contributed by atoms with van der Waals surface area (Å²) in [5, 5.41) is 1.51. The fourth-order valence-corrected chi connectivity index (χ4v) is 12.8. The van der Waals surface area contributed by atoms with Crippen LogP contribution in [0.1, 0.15) is 20.8 Å². The maximum absolute atomic E-state index is 11.7. The highest BCUT2D eigenvalue weighted by atomic mass is 28.4. The standard InChI is InChI=1S/C16H26OSi2/c1-16(2,3)19(6,7)15(13-17)18(4,5)14-11-9-8-10-12-14/h8-12H,1-7H3. The highest BCUT2D eigenvalue weighted by Crippen LogP contribution is 2.42. The molecule has 104 valence electrons. The van der Waals surface area contributed by atoms with E-state index in [0.29, 0.717) is 0 Å². The second-order valence-electron chi connectivity index (χ2n) is 7.34. The number of carbonyl (C=O) groups excluding carboxylic acids is 1. The Hall–Kier alpha value is -0.896. The third-order valence-corrected chi connectivity index (χ3v) is 16.7. The van der Waals surface area contributed by atoms with Gasteiger partial charge in [0.1, 0.15) is 14.0 Å². The molecule has 19 heavy (non-hydrogen) atoms. The fourth-order valence-electron chi connectivity index (χ4n) is 2.41. The minimum absolute atomic E-state index is 0.179. The Morgan fingerprint density at radius 3 is 1.84 bits per heavy atom. The van der Waals surface area contributed by atoms with Gasteiger partial charge in [0.15, 0.2) is 0 Å². The summed E-state index contributed by atoms with van der Waals surface area (Å²) in [6, 6.07) is 10.5. The van der Waals surface area contributed by atoms with Crippen LogP contribution in [0.2, 0.25) is 31.2 Å². The summed E-state index contributed by atoms with van der Waals surface area (Å²) < 4.78 is 0. The predicted molar refractivity (Wildman–Crippen MR) is 90.0 cm³/mol. The molecule has 3 heteroatoms. The van der Waals surface area contributed by atoms with Crippen molar-refractivity contribution in [3.8, 4) is 0 Å². The molecule has 0 aliphatic rings. The molecule has 0 aliphatic carbocycles. The van der Waals surface area contributed by atoms with Gasteiger partial charge in [-0.25, -0.2) is 4.79 Å². The second-order valence-corrected chi connectivity index (χ2v) is 17.4. The van der Waals surface area contributed by atoms with E-state index in [-0.39, 0.29) is 5.04 Å². The summed E-state index contributed by atoms with van der Waals surface area (Å²) in [5.41, 5.74) is 0. The third kappa shape index (κ3) is 2.99. The molecular formula is C16H26OSi2. The maximum Gasteiger partial charge on any atom is 0.116 e. The highest BCUT2D eigenvalue weighted by molar-refractivity contribution is 7.13. The zero-order valence-corrected chi connectivity index (χ0v) is 15.3. The minimum Gasteiger partial charge on any atom is -0.234 e. The van der Waals surface area contributed by atoms with Crippen LogP contribution in [0.25, 0.3) is 0 Å². The van der Waals surface area contributed by atoms with Crippen LogP contribution in [0, 0.1) is 0 Å². The molecule has 0 N–H and O–H groups in total. The molecule has 1 nitrogen and oxygen atoms in total. The van der Waals surface area contributed by atoms with E-state index in [4.69, 9.17) is 0 Å². The van der Waals surface area contributed by atoms with Crippen molar-refractivity contribution in [2.75, 3.05) is 0 Å². The third-order valence-electron chi connectivity index (χ3n) is 4.72. The van der Waals surface area contributed by atoms with E-state index in [2.05, 4.69) is 77.2 Å².